The molecule has 0 aliphatic heterocycles. The van der Waals surface area contributed by atoms with E-state index in [1.807, 2.05) is 0 Å². The molecular formula is C16H20F6N2O2. The maximum Gasteiger partial charge on any atom is 0.422 e. The van der Waals surface area contributed by atoms with E-state index in [9.17, 15) is 36.5 Å². The highest BCUT2D eigenvalue weighted by molar-refractivity contribution is 5.65. The Morgan fingerprint density at radius 3 is 1.58 bits per heavy atom. The number of nitrogens with zero attached hydrogens (tertiary/aromatic N) is 2. The third-order valence-electron chi connectivity index (χ3n) is 3.38. The van der Waals surface area contributed by atoms with Crippen LogP contribution in [-0.4, -0.2) is 15.8 Å². The van der Waals surface area contributed by atoms with Crippen LogP contribution in [0.4, 0.5) is 37.7 Å². The normalized spacial score (nSPS) is 13.7. The van der Waals surface area contributed by atoms with Gasteiger partial charge in [0.25, 0.3) is 5.69 Å². The van der Waals surface area contributed by atoms with Gasteiger partial charge in [0.05, 0.1) is 5.56 Å². The van der Waals surface area contributed by atoms with Crippen molar-refractivity contribution in [2.45, 2.75) is 65.0 Å². The molecule has 4 nitrogen and oxygen atoms in total. The first kappa shape index (κ1) is 22.2. The fraction of sp³-hybridized carbons (Fsp3) is 0.625. The molecule has 0 amide bonds. The van der Waals surface area contributed by atoms with Gasteiger partial charge in [-0.25, -0.2) is 0 Å². The number of nitroso groups, excluding NO2 is 1. The zero-order chi connectivity index (χ0) is 20.9. The fourth-order valence-corrected chi connectivity index (χ4v) is 2.09. The summed E-state index contributed by atoms with van der Waals surface area (Å²) in [5.41, 5.74) is -8.32. The highest BCUT2D eigenvalue weighted by atomic mass is 19.4. The maximum absolute atomic E-state index is 13.3. The van der Waals surface area contributed by atoms with Crippen LogP contribution in [0.5, 0.6) is 0 Å². The van der Waals surface area contributed by atoms with Crippen molar-refractivity contribution < 1.29 is 31.1 Å². The smallest absolute Gasteiger partial charge is 0.422 e. The lowest BCUT2D eigenvalue weighted by Crippen LogP contribution is -2.38. The van der Waals surface area contributed by atoms with Crippen molar-refractivity contribution in [3.05, 3.63) is 33.4 Å². The third kappa shape index (κ3) is 4.66. The number of hydroxylamine groups is 1. The molecule has 0 aromatic heterocycles. The molecule has 0 saturated heterocycles. The summed E-state index contributed by atoms with van der Waals surface area (Å²) in [5, 5.41) is 12.3. The van der Waals surface area contributed by atoms with E-state index in [4.69, 9.17) is 0 Å². The molecule has 0 heterocycles. The number of rotatable bonds is 2. The Hall–Kier alpha value is -1.84. The van der Waals surface area contributed by atoms with Crippen LogP contribution in [0.25, 0.3) is 0 Å². The minimum atomic E-state index is -5.21. The first-order valence-corrected chi connectivity index (χ1v) is 7.55. The van der Waals surface area contributed by atoms with Crippen molar-refractivity contribution in [1.82, 2.24) is 0 Å². The third-order valence-corrected chi connectivity index (χ3v) is 3.38. The molecular weight excluding hydrogens is 366 g/mol. The summed E-state index contributed by atoms with van der Waals surface area (Å²) in [6.45, 7) is 7.81. The predicted octanol–water partition coefficient (Wildman–Crippen LogP) is 6.04. The lowest BCUT2D eigenvalue weighted by atomic mass is 9.99. The molecule has 0 aliphatic carbocycles. The second-order valence-electron chi connectivity index (χ2n) is 7.81. The number of alkyl halides is 6. The van der Waals surface area contributed by atoms with E-state index in [2.05, 4.69) is 0 Å². The van der Waals surface area contributed by atoms with E-state index in [-0.39, 0.29) is 15.9 Å². The molecule has 1 aromatic rings. The van der Waals surface area contributed by atoms with E-state index in [0.29, 0.717) is 6.07 Å². The van der Waals surface area contributed by atoms with Crippen molar-refractivity contribution in [3.8, 4) is 0 Å². The molecule has 26 heavy (non-hydrogen) atoms. The summed E-state index contributed by atoms with van der Waals surface area (Å²) < 4.78 is 79.8. The molecule has 148 valence electrons. The fourth-order valence-electron chi connectivity index (χ4n) is 2.09. The minimum Gasteiger partial charge on any atom is -0.758 e. The van der Waals surface area contributed by atoms with Gasteiger partial charge in [0.2, 0.25) is 5.54 Å². The van der Waals surface area contributed by atoms with Gasteiger partial charge in [-0.05, 0) is 26.8 Å². The topological polar surface area (TPSA) is 46.4 Å². The maximum atomic E-state index is 13.3. The largest absolute Gasteiger partial charge is 0.758 e. The van der Waals surface area contributed by atoms with E-state index >= 15 is 0 Å². The number of hydrogen-bond donors (Lipinski definition) is 0. The molecule has 1 rings (SSSR count). The Morgan fingerprint density at radius 2 is 1.27 bits per heavy atom. The van der Waals surface area contributed by atoms with Gasteiger partial charge in [0.15, 0.2) is 0 Å². The van der Waals surface area contributed by atoms with Crippen molar-refractivity contribution in [2.24, 2.45) is 0 Å². The van der Waals surface area contributed by atoms with Crippen molar-refractivity contribution in [2.75, 3.05) is 5.06 Å². The molecule has 0 spiro atoms. The predicted molar refractivity (Wildman–Crippen MR) is 85.1 cm³/mol. The first-order chi connectivity index (χ1) is 11.3. The SMILES string of the molecule is CC(C)(C)N([O-])c1cc([N+](=O)C(C)(C)C)c(C(F)(F)F)cc1C(F)(F)F. The lowest BCUT2D eigenvalue weighted by molar-refractivity contribution is -0.541. The van der Waals surface area contributed by atoms with Crippen LogP contribution < -0.4 is 5.06 Å². The molecule has 0 N–H and O–H groups in total. The van der Waals surface area contributed by atoms with E-state index in [1.54, 1.807) is 0 Å². The molecule has 1 aromatic carbocycles. The first-order valence-electron chi connectivity index (χ1n) is 7.55. The molecule has 0 bridgehead atoms. The van der Waals surface area contributed by atoms with Crippen LogP contribution in [0.1, 0.15) is 52.7 Å². The van der Waals surface area contributed by atoms with Gasteiger partial charge < -0.3 is 10.3 Å². The number of benzene rings is 1. The number of anilines is 1. The minimum absolute atomic E-state index is 0.0457. The summed E-state index contributed by atoms with van der Waals surface area (Å²) in [4.78, 5) is 12.3. The van der Waals surface area contributed by atoms with Gasteiger partial charge in [-0.3, -0.25) is 0 Å². The molecule has 0 aliphatic rings. The summed E-state index contributed by atoms with van der Waals surface area (Å²) in [7, 11) is 0. The summed E-state index contributed by atoms with van der Waals surface area (Å²) in [5.74, 6) is 0. The van der Waals surface area contributed by atoms with Crippen LogP contribution in [0.2, 0.25) is 0 Å². The van der Waals surface area contributed by atoms with Gasteiger partial charge in [0.1, 0.15) is 5.56 Å². The monoisotopic (exact) mass is 386 g/mol. The standard InChI is InChI=1S/C16H20F6N2O2/c1-13(2,3)23(25)11-8-12(24(26)14(4,5)6)10(16(20,21)22)7-9(11)15(17,18)19/h7-8H,1-6H3. The van der Waals surface area contributed by atoms with Gasteiger partial charge in [0, 0.05) is 47.7 Å². The summed E-state index contributed by atoms with van der Waals surface area (Å²) in [6, 6.07) is 0.181. The van der Waals surface area contributed by atoms with E-state index in [1.165, 1.54) is 41.5 Å². The Bertz CT molecular complexity index is 697. The molecule has 0 radical (unpaired) electrons. The second kappa shape index (κ2) is 6.40. The molecule has 0 saturated carbocycles. The lowest BCUT2D eigenvalue weighted by Gasteiger charge is -2.44. The van der Waals surface area contributed by atoms with Crippen LogP contribution in [0.3, 0.4) is 0 Å². The van der Waals surface area contributed by atoms with Crippen molar-refractivity contribution in [3.63, 3.8) is 0 Å². The van der Waals surface area contributed by atoms with Gasteiger partial charge in [-0.2, -0.15) is 26.3 Å². The average molecular weight is 386 g/mol. The molecule has 0 fully saturated rings. The van der Waals surface area contributed by atoms with Crippen LogP contribution in [-0.2, 0) is 12.4 Å². The second-order valence-corrected chi connectivity index (χ2v) is 7.81. The zero-order valence-corrected chi connectivity index (χ0v) is 15.1. The van der Waals surface area contributed by atoms with Gasteiger partial charge >= 0.3 is 12.4 Å². The van der Waals surface area contributed by atoms with E-state index < -0.39 is 45.9 Å². The van der Waals surface area contributed by atoms with E-state index in [0.717, 1.165) is 0 Å². The number of hydrogen-bond acceptors (Lipinski definition) is 3. The van der Waals surface area contributed by atoms with Crippen LogP contribution in [0, 0.1) is 10.1 Å². The Labute approximate surface area is 146 Å². The van der Waals surface area contributed by atoms with Gasteiger partial charge in [-0.15, -0.1) is 0 Å². The number of halogens is 6. The quantitative estimate of drug-likeness (QED) is 0.354. The Morgan fingerprint density at radius 1 is 0.846 bits per heavy atom. The highest BCUT2D eigenvalue weighted by Crippen LogP contribution is 2.46. The van der Waals surface area contributed by atoms with Crippen molar-refractivity contribution in [1.29, 1.82) is 0 Å². The van der Waals surface area contributed by atoms with Crippen LogP contribution >= 0.6 is 0 Å². The zero-order valence-electron chi connectivity index (χ0n) is 15.1. The summed E-state index contributed by atoms with van der Waals surface area (Å²) in [6.07, 6.45) is -10.4. The Balaban J connectivity index is 3.94. The molecule has 0 atom stereocenters. The summed E-state index contributed by atoms with van der Waals surface area (Å²) >= 11 is 0. The van der Waals surface area contributed by atoms with Crippen molar-refractivity contribution >= 4 is 11.4 Å². The van der Waals surface area contributed by atoms with Gasteiger partial charge in [-0.1, -0.05) is 0 Å². The molecule has 10 heteroatoms. The average Bonchev–Trinajstić information content (AvgIpc) is 2.40. The highest BCUT2D eigenvalue weighted by Gasteiger charge is 2.47. The Kier molecular flexibility index (Phi) is 5.46. The molecule has 0 unspecified atom stereocenters. The van der Waals surface area contributed by atoms with Crippen LogP contribution in [0.15, 0.2) is 12.1 Å².